The van der Waals surface area contributed by atoms with Gasteiger partial charge < -0.3 is 38.8 Å². The van der Waals surface area contributed by atoms with E-state index >= 15 is 0 Å². The number of allylic oxidation sites excluding steroid dienone is 2. The van der Waals surface area contributed by atoms with Crippen LogP contribution in [0, 0.1) is 5.92 Å². The van der Waals surface area contributed by atoms with Gasteiger partial charge in [0.25, 0.3) is 0 Å². The van der Waals surface area contributed by atoms with Gasteiger partial charge in [-0.1, -0.05) is 42.5 Å². The lowest BCUT2D eigenvalue weighted by molar-refractivity contribution is -0.0272. The van der Waals surface area contributed by atoms with Gasteiger partial charge in [-0.15, -0.1) is 0 Å². The molecule has 36 heavy (non-hydrogen) atoms. The van der Waals surface area contributed by atoms with Crippen LogP contribution >= 0.6 is 6.72 Å². The topological polar surface area (TPSA) is 125 Å². The van der Waals surface area contributed by atoms with Gasteiger partial charge in [-0.05, 0) is 43.1 Å². The van der Waals surface area contributed by atoms with Crippen molar-refractivity contribution in [2.24, 2.45) is 5.92 Å². The third-order valence-corrected chi connectivity index (χ3v) is 7.39. The highest BCUT2D eigenvalue weighted by Crippen LogP contribution is 2.48. The average molecular weight is 542 g/mol. The minimum Gasteiger partial charge on any atom is -0.431 e. The molecule has 0 bridgehead atoms. The number of carbonyl (C=O) groups is 2. The Morgan fingerprint density at radius 2 is 1.97 bits per heavy atom. The highest BCUT2D eigenvalue weighted by atomic mass is 32.5. The number of amides is 2. The average Bonchev–Trinajstić information content (AvgIpc) is 3.16. The standard InChI is InChI=1S/C23H36BN2O8PS/c1-25-22(27)26-14-10-5-3-4-9-13-18-20(34-35(29,36)30-2)19(33-21(18)24)16-32-23(28)31-15-17-11-7-6-8-12-17/h4,6-9,11-12,18-21H,3,5,10,13-16,24H2,1-2H3,(H,29,36)(H2,25,26,27)/b9-4+/t18-,19+,20?,21+,35?/m0/s1. The van der Waals surface area contributed by atoms with Crippen LogP contribution in [0.1, 0.15) is 31.2 Å². The summed E-state index contributed by atoms with van der Waals surface area (Å²) in [4.78, 5) is 33.5. The third-order valence-electron chi connectivity index (χ3n) is 5.72. The van der Waals surface area contributed by atoms with E-state index in [9.17, 15) is 14.5 Å². The predicted octanol–water partition coefficient (Wildman–Crippen LogP) is 2.61. The number of unbranched alkanes of at least 4 members (excludes halogenated alkanes) is 2. The normalized spacial score (nSPS) is 23.2. The van der Waals surface area contributed by atoms with Gasteiger partial charge in [-0.2, -0.15) is 0 Å². The molecule has 1 aromatic carbocycles. The fourth-order valence-corrected chi connectivity index (χ4v) is 4.74. The van der Waals surface area contributed by atoms with E-state index in [1.165, 1.54) is 7.11 Å². The first-order chi connectivity index (χ1) is 17.3. The van der Waals surface area contributed by atoms with E-state index in [4.69, 9.17) is 35.1 Å². The van der Waals surface area contributed by atoms with Crippen molar-refractivity contribution in [3.05, 3.63) is 48.0 Å². The molecule has 1 fully saturated rings. The molecule has 0 aliphatic carbocycles. The Labute approximate surface area is 218 Å². The first-order valence-corrected chi connectivity index (χ1v) is 14.5. The summed E-state index contributed by atoms with van der Waals surface area (Å²) in [6.45, 7) is -2.87. The second kappa shape index (κ2) is 16.0. The van der Waals surface area contributed by atoms with E-state index in [0.717, 1.165) is 24.8 Å². The van der Waals surface area contributed by atoms with Gasteiger partial charge in [0, 0.05) is 32.6 Å². The van der Waals surface area contributed by atoms with Crippen LogP contribution < -0.4 is 10.6 Å². The molecule has 13 heteroatoms. The number of ether oxygens (including phenoxy) is 3. The van der Waals surface area contributed by atoms with Crippen LogP contribution in [-0.2, 0) is 41.7 Å². The largest absolute Gasteiger partial charge is 0.508 e. The van der Waals surface area contributed by atoms with Crippen LogP contribution in [0.5, 0.6) is 0 Å². The van der Waals surface area contributed by atoms with Crippen molar-refractivity contribution in [1.82, 2.24) is 10.6 Å². The number of hydrogen-bond acceptors (Lipinski definition) is 8. The fourth-order valence-electron chi connectivity index (χ4n) is 3.76. The minimum atomic E-state index is -3.47. The SMILES string of the molecule is B[C@@H]1O[C@H](COC(=O)OCc2ccccc2)C(OP(O)(=S)OC)[C@@H]1C/C=C/CCCCNC(=O)NC. The maximum atomic E-state index is 12.1. The maximum absolute atomic E-state index is 12.1. The zero-order valence-electron chi connectivity index (χ0n) is 21.0. The third kappa shape index (κ3) is 11.0. The molecule has 1 aromatic rings. The van der Waals surface area contributed by atoms with Crippen LogP contribution in [0.2, 0.25) is 0 Å². The van der Waals surface area contributed by atoms with E-state index in [1.54, 1.807) is 7.05 Å². The molecule has 200 valence electrons. The lowest BCUT2D eigenvalue weighted by Crippen LogP contribution is -2.33. The molecule has 1 aliphatic heterocycles. The van der Waals surface area contributed by atoms with Crippen LogP contribution in [0.25, 0.3) is 0 Å². The van der Waals surface area contributed by atoms with Crippen LogP contribution in [-0.4, -0.2) is 70.4 Å². The van der Waals surface area contributed by atoms with E-state index in [1.807, 2.05) is 44.3 Å². The molecule has 1 saturated heterocycles. The van der Waals surface area contributed by atoms with Crippen molar-refractivity contribution in [3.63, 3.8) is 0 Å². The lowest BCUT2D eigenvalue weighted by Gasteiger charge is -2.26. The van der Waals surface area contributed by atoms with E-state index in [-0.39, 0.29) is 31.2 Å². The summed E-state index contributed by atoms with van der Waals surface area (Å²) in [7, 11) is 4.78. The molecule has 0 radical (unpaired) electrons. The first-order valence-electron chi connectivity index (χ1n) is 11.9. The van der Waals surface area contributed by atoms with Gasteiger partial charge in [-0.25, -0.2) is 9.59 Å². The molecule has 0 aromatic heterocycles. The van der Waals surface area contributed by atoms with Crippen molar-refractivity contribution < 1.29 is 37.7 Å². The lowest BCUT2D eigenvalue weighted by atomic mass is 9.82. The molecule has 2 rings (SSSR count). The van der Waals surface area contributed by atoms with Gasteiger partial charge in [0.05, 0.1) is 0 Å². The summed E-state index contributed by atoms with van der Waals surface area (Å²) in [6.07, 6.45) is 5.31. The maximum Gasteiger partial charge on any atom is 0.508 e. The molecule has 1 heterocycles. The first kappa shape index (κ1) is 30.3. The number of benzene rings is 1. The number of carbonyl (C=O) groups excluding carboxylic acids is 2. The highest BCUT2D eigenvalue weighted by molar-refractivity contribution is 8.07. The summed E-state index contributed by atoms with van der Waals surface area (Å²) in [5.41, 5.74) is 0.844. The van der Waals surface area contributed by atoms with Crippen LogP contribution in [0.3, 0.4) is 0 Å². The zero-order valence-corrected chi connectivity index (χ0v) is 22.7. The predicted molar refractivity (Wildman–Crippen MR) is 142 cm³/mol. The fraction of sp³-hybridized carbons (Fsp3) is 0.565. The van der Waals surface area contributed by atoms with Gasteiger partial charge in [0.1, 0.15) is 33.3 Å². The summed E-state index contributed by atoms with van der Waals surface area (Å²) >= 11 is 5.06. The number of nitrogens with one attached hydrogen (secondary N) is 2. The molecular weight excluding hydrogens is 506 g/mol. The van der Waals surface area contributed by atoms with E-state index in [2.05, 4.69) is 16.7 Å². The Kier molecular flexibility index (Phi) is 13.5. The van der Waals surface area contributed by atoms with Crippen LogP contribution in [0.4, 0.5) is 9.59 Å². The molecular formula is C23H36BN2O8PS. The monoisotopic (exact) mass is 542 g/mol. The second-order valence-corrected chi connectivity index (χ2v) is 11.2. The van der Waals surface area contributed by atoms with Crippen molar-refractivity contribution >= 4 is 38.6 Å². The van der Waals surface area contributed by atoms with Crippen molar-refractivity contribution in [2.75, 3.05) is 27.3 Å². The molecule has 1 aliphatic rings. The molecule has 0 saturated carbocycles. The summed E-state index contributed by atoms with van der Waals surface area (Å²) in [5, 5.41) is 5.27. The quantitative estimate of drug-likeness (QED) is 0.107. The summed E-state index contributed by atoms with van der Waals surface area (Å²) < 4.78 is 27.2. The van der Waals surface area contributed by atoms with E-state index in [0.29, 0.717) is 13.0 Å². The molecule has 2 amide bonds. The molecule has 0 spiro atoms. The van der Waals surface area contributed by atoms with Crippen molar-refractivity contribution in [1.29, 1.82) is 0 Å². The smallest absolute Gasteiger partial charge is 0.431 e. The Bertz CT molecular complexity index is 894. The molecule has 10 nitrogen and oxygen atoms in total. The minimum absolute atomic E-state index is 0.0952. The number of hydrogen-bond donors (Lipinski definition) is 3. The van der Waals surface area contributed by atoms with Crippen LogP contribution in [0.15, 0.2) is 42.5 Å². The highest BCUT2D eigenvalue weighted by Gasteiger charge is 2.45. The summed E-state index contributed by atoms with van der Waals surface area (Å²) in [5.74, 6) is -0.130. The van der Waals surface area contributed by atoms with Crippen molar-refractivity contribution in [3.8, 4) is 0 Å². The summed E-state index contributed by atoms with van der Waals surface area (Å²) in [6, 6.07) is 8.87. The second-order valence-electron chi connectivity index (χ2n) is 8.31. The van der Waals surface area contributed by atoms with Gasteiger partial charge in [0.2, 0.25) is 0 Å². The van der Waals surface area contributed by atoms with Gasteiger partial charge >= 0.3 is 18.9 Å². The molecule has 2 unspecified atom stereocenters. The van der Waals surface area contributed by atoms with Gasteiger partial charge in [-0.3, -0.25) is 0 Å². The Morgan fingerprint density at radius 1 is 1.22 bits per heavy atom. The number of rotatable bonds is 14. The Balaban J connectivity index is 1.85. The van der Waals surface area contributed by atoms with Gasteiger partial charge in [0.15, 0.2) is 0 Å². The number of urea groups is 1. The zero-order chi connectivity index (χ0) is 26.4. The Morgan fingerprint density at radius 3 is 2.67 bits per heavy atom. The molecule has 3 N–H and O–H groups in total. The molecule has 5 atom stereocenters. The van der Waals surface area contributed by atoms with Crippen molar-refractivity contribution in [2.45, 2.75) is 50.5 Å². The van der Waals surface area contributed by atoms with E-state index < -0.39 is 25.1 Å². The Hall–Kier alpha value is -1.95.